The quantitative estimate of drug-likeness (QED) is 0.347. The van der Waals surface area contributed by atoms with E-state index in [-0.39, 0.29) is 46.5 Å². The Morgan fingerprint density at radius 3 is 2.89 bits per heavy atom. The van der Waals surface area contributed by atoms with Crippen LogP contribution >= 0.6 is 23.1 Å². The van der Waals surface area contributed by atoms with Crippen molar-refractivity contribution in [1.82, 2.24) is 4.90 Å². The third kappa shape index (κ3) is 2.08. The number of β-lactam (4-membered cyclic amide) rings is 1. The first-order valence-corrected chi connectivity index (χ1v) is 6.71. The summed E-state index contributed by atoms with van der Waals surface area (Å²) in [5.41, 5.74) is 1.58. The summed E-state index contributed by atoms with van der Waals surface area (Å²) in [4.78, 5) is 23.8. The van der Waals surface area contributed by atoms with Crippen LogP contribution in [0.1, 0.15) is 5.56 Å². The van der Waals surface area contributed by atoms with Crippen LogP contribution in [0.3, 0.4) is 0 Å². The average molecular weight is 287 g/mol. The first-order chi connectivity index (χ1) is 8.18. The molecule has 2 aliphatic rings. The Kier molecular flexibility index (Phi) is 4.03. The largest absolute Gasteiger partial charge is 1.00 e. The van der Waals surface area contributed by atoms with Gasteiger partial charge in [-0.05, 0) is 33.9 Å². The number of carbonyl (C=O) groups excluding carboxylic acids is 2. The predicted octanol–water partition coefficient (Wildman–Crippen LogP) is -2.36. The van der Waals surface area contributed by atoms with Crippen molar-refractivity contribution >= 4 is 41.1 Å². The average Bonchev–Trinajstić information content (AvgIpc) is 2.93. The summed E-state index contributed by atoms with van der Waals surface area (Å²) in [6.07, 6.45) is 1.80. The number of hydrogen-bond donors (Lipinski definition) is 0. The molecule has 0 aliphatic carbocycles. The molecule has 4 nitrogen and oxygen atoms in total. The maximum Gasteiger partial charge on any atom is 1.00 e. The summed E-state index contributed by atoms with van der Waals surface area (Å²) < 4.78 is 0. The molecule has 0 radical (unpaired) electrons. The van der Waals surface area contributed by atoms with Gasteiger partial charge in [-0.2, -0.15) is 11.3 Å². The van der Waals surface area contributed by atoms with Crippen LogP contribution in [0, 0.1) is 0 Å². The molecule has 0 bridgehead atoms. The number of carboxylic acid groups (broad SMARTS) is 1. The molecule has 86 valence electrons. The Bertz CT molecular complexity index is 565. The van der Waals surface area contributed by atoms with E-state index in [9.17, 15) is 14.7 Å². The Morgan fingerprint density at radius 1 is 1.50 bits per heavy atom. The molecular formula is C11H6NNaO3S2. The normalized spacial score (nSPS) is 23.2. The summed E-state index contributed by atoms with van der Waals surface area (Å²) in [5.74, 6) is -1.55. The molecule has 1 aromatic rings. The van der Waals surface area contributed by atoms with Crippen molar-refractivity contribution in [3.63, 3.8) is 0 Å². The fourth-order valence-corrected chi connectivity index (χ4v) is 3.53. The Labute approximate surface area is 134 Å². The Morgan fingerprint density at radius 2 is 2.28 bits per heavy atom. The van der Waals surface area contributed by atoms with Crippen LogP contribution in [0.15, 0.2) is 33.5 Å². The molecule has 0 spiro atoms. The molecule has 7 heteroatoms. The van der Waals surface area contributed by atoms with E-state index in [1.165, 1.54) is 22.1 Å². The monoisotopic (exact) mass is 287 g/mol. The minimum Gasteiger partial charge on any atom is -0.543 e. The van der Waals surface area contributed by atoms with Gasteiger partial charge in [-0.3, -0.25) is 9.69 Å². The first-order valence-electron chi connectivity index (χ1n) is 4.83. The number of thiophene rings is 1. The van der Waals surface area contributed by atoms with E-state index in [0.717, 1.165) is 5.56 Å². The number of thioether (sulfide) groups is 1. The van der Waals surface area contributed by atoms with Gasteiger partial charge in [0.1, 0.15) is 5.37 Å². The summed E-state index contributed by atoms with van der Waals surface area (Å²) in [5, 5.41) is 15.9. The predicted molar refractivity (Wildman–Crippen MR) is 63.6 cm³/mol. The van der Waals surface area contributed by atoms with E-state index in [1.807, 2.05) is 16.8 Å². The minimum atomic E-state index is -1.30. The number of nitrogens with zero attached hydrogens (tertiary/aromatic N) is 1. The zero-order valence-corrected chi connectivity index (χ0v) is 13.1. The van der Waals surface area contributed by atoms with Crippen molar-refractivity contribution in [2.45, 2.75) is 5.37 Å². The molecule has 1 fully saturated rings. The molecule has 1 atom stereocenters. The summed E-state index contributed by atoms with van der Waals surface area (Å²) in [6.45, 7) is 0. The zero-order valence-electron chi connectivity index (χ0n) is 9.45. The van der Waals surface area contributed by atoms with Gasteiger partial charge in [0.15, 0.2) is 0 Å². The SMILES string of the molecule is O=C([O-])C1=CS[C@@H]2/C(=C\c3ccsc3)C(=O)N12.[Na+]. The molecule has 3 heterocycles. The third-order valence-electron chi connectivity index (χ3n) is 2.61. The second-order valence-corrected chi connectivity index (χ2v) is 5.34. The van der Waals surface area contributed by atoms with Crippen LogP contribution < -0.4 is 34.7 Å². The number of hydrogen-bond acceptors (Lipinski definition) is 5. The smallest absolute Gasteiger partial charge is 0.543 e. The summed E-state index contributed by atoms with van der Waals surface area (Å²) >= 11 is 2.87. The number of carboxylic acids is 1. The second-order valence-electron chi connectivity index (χ2n) is 3.61. The summed E-state index contributed by atoms with van der Waals surface area (Å²) in [6, 6.07) is 1.92. The van der Waals surface area contributed by atoms with Crippen LogP contribution in [0.4, 0.5) is 0 Å². The molecule has 2 aliphatic heterocycles. The molecule has 1 aromatic heterocycles. The molecule has 0 saturated carbocycles. The van der Waals surface area contributed by atoms with Crippen molar-refractivity contribution < 1.29 is 44.3 Å². The molecule has 0 aromatic carbocycles. The first kappa shape index (κ1) is 13.9. The molecule has 1 saturated heterocycles. The van der Waals surface area contributed by atoms with Gasteiger partial charge >= 0.3 is 29.6 Å². The van der Waals surface area contributed by atoms with Gasteiger partial charge < -0.3 is 9.90 Å². The van der Waals surface area contributed by atoms with E-state index in [2.05, 4.69) is 0 Å². The molecule has 3 rings (SSSR count). The second kappa shape index (κ2) is 5.22. The van der Waals surface area contributed by atoms with E-state index >= 15 is 0 Å². The van der Waals surface area contributed by atoms with Crippen molar-refractivity contribution in [2.75, 3.05) is 0 Å². The Balaban J connectivity index is 0.00000120. The molecule has 18 heavy (non-hydrogen) atoms. The maximum atomic E-state index is 11.8. The molecule has 0 unspecified atom stereocenters. The standard InChI is InChI=1S/C11H7NO3S2.Na/c13-9-7(3-6-1-2-16-4-6)10-12(9)8(5-17-10)11(14)15;/h1-5,10H,(H,14,15);/q;+1/p-1/b7-3-;/t10-;/m1./s1. The number of carbonyl (C=O) groups is 2. The van der Waals surface area contributed by atoms with E-state index in [0.29, 0.717) is 5.57 Å². The number of rotatable bonds is 2. The van der Waals surface area contributed by atoms with Crippen molar-refractivity contribution in [2.24, 2.45) is 0 Å². The van der Waals surface area contributed by atoms with Gasteiger partial charge in [-0.25, -0.2) is 0 Å². The van der Waals surface area contributed by atoms with Gasteiger partial charge in [0.05, 0.1) is 17.2 Å². The minimum absolute atomic E-state index is 0. The molecule has 0 N–H and O–H groups in total. The van der Waals surface area contributed by atoms with E-state index in [1.54, 1.807) is 17.4 Å². The van der Waals surface area contributed by atoms with Crippen molar-refractivity contribution in [1.29, 1.82) is 0 Å². The van der Waals surface area contributed by atoms with E-state index in [4.69, 9.17) is 0 Å². The molecular weight excluding hydrogens is 281 g/mol. The van der Waals surface area contributed by atoms with E-state index < -0.39 is 5.97 Å². The topological polar surface area (TPSA) is 60.4 Å². The van der Waals surface area contributed by atoms with Gasteiger partial charge in [-0.1, -0.05) is 0 Å². The van der Waals surface area contributed by atoms with Crippen LogP contribution in [-0.2, 0) is 9.59 Å². The van der Waals surface area contributed by atoms with Crippen LogP contribution in [-0.4, -0.2) is 22.2 Å². The van der Waals surface area contributed by atoms with Gasteiger partial charge in [0.2, 0.25) is 0 Å². The number of amides is 1. The fourth-order valence-electron chi connectivity index (χ4n) is 1.80. The van der Waals surface area contributed by atoms with Gasteiger partial charge in [-0.15, -0.1) is 11.8 Å². The Hall–Kier alpha value is -0.530. The van der Waals surface area contributed by atoms with Crippen LogP contribution in [0.5, 0.6) is 0 Å². The third-order valence-corrected chi connectivity index (χ3v) is 4.39. The molecule has 1 amide bonds. The van der Waals surface area contributed by atoms with Crippen LogP contribution in [0.2, 0.25) is 0 Å². The van der Waals surface area contributed by atoms with Crippen molar-refractivity contribution in [3.05, 3.63) is 39.1 Å². The van der Waals surface area contributed by atoms with Crippen LogP contribution in [0.25, 0.3) is 6.08 Å². The number of aliphatic carboxylic acids is 1. The zero-order chi connectivity index (χ0) is 12.0. The number of fused-ring (bicyclic) bond motifs is 1. The van der Waals surface area contributed by atoms with Crippen molar-refractivity contribution in [3.8, 4) is 0 Å². The fraction of sp³-hybridized carbons (Fsp3) is 0.0909. The van der Waals surface area contributed by atoms with Gasteiger partial charge in [0, 0.05) is 0 Å². The summed E-state index contributed by atoms with van der Waals surface area (Å²) in [7, 11) is 0. The van der Waals surface area contributed by atoms with Gasteiger partial charge in [0.25, 0.3) is 5.91 Å². The maximum absolute atomic E-state index is 11.8.